The topological polar surface area (TPSA) is 49.4 Å². The Hall–Kier alpha value is -0.900. The summed E-state index contributed by atoms with van der Waals surface area (Å²) in [6.45, 7) is 5.86. The number of rotatable bonds is 6. The van der Waals surface area contributed by atoms with E-state index >= 15 is 0 Å². The van der Waals surface area contributed by atoms with Gasteiger partial charge in [-0.05, 0) is 20.5 Å². The van der Waals surface area contributed by atoms with Crippen molar-refractivity contribution in [2.75, 3.05) is 26.7 Å². The standard InChI is InChI=1S/C9H18N2O2/c1-4-11(3)6-5-10-9(13)7-8(2)12/h4-7H2,1-3H3,(H,10,13). The number of nitrogens with zero attached hydrogens (tertiary/aromatic N) is 1. The molecule has 4 nitrogen and oxygen atoms in total. The Morgan fingerprint density at radius 2 is 2.00 bits per heavy atom. The second-order valence-electron chi connectivity index (χ2n) is 3.12. The van der Waals surface area contributed by atoms with E-state index in [9.17, 15) is 9.59 Å². The largest absolute Gasteiger partial charge is 0.354 e. The van der Waals surface area contributed by atoms with Crippen molar-refractivity contribution in [2.45, 2.75) is 20.3 Å². The summed E-state index contributed by atoms with van der Waals surface area (Å²) in [4.78, 5) is 23.6. The molecule has 4 heteroatoms. The van der Waals surface area contributed by atoms with Gasteiger partial charge in [0.15, 0.2) is 0 Å². The predicted octanol–water partition coefficient (Wildman–Crippen LogP) is 0.0334. The molecule has 0 rings (SSSR count). The van der Waals surface area contributed by atoms with Crippen LogP contribution in [0.15, 0.2) is 0 Å². The Labute approximate surface area is 79.3 Å². The van der Waals surface area contributed by atoms with Crippen LogP contribution in [0.4, 0.5) is 0 Å². The van der Waals surface area contributed by atoms with Gasteiger partial charge in [0, 0.05) is 13.1 Å². The first-order valence-corrected chi connectivity index (χ1v) is 4.51. The molecule has 0 aromatic carbocycles. The fourth-order valence-corrected chi connectivity index (χ4v) is 0.833. The van der Waals surface area contributed by atoms with E-state index in [0.29, 0.717) is 6.54 Å². The molecule has 0 aromatic rings. The minimum absolute atomic E-state index is 0.00413. The highest BCUT2D eigenvalue weighted by atomic mass is 16.2. The molecule has 0 atom stereocenters. The molecule has 0 aliphatic carbocycles. The van der Waals surface area contributed by atoms with Crippen molar-refractivity contribution in [2.24, 2.45) is 0 Å². The number of likely N-dealkylation sites (N-methyl/N-ethyl adjacent to an activating group) is 1. The maximum Gasteiger partial charge on any atom is 0.227 e. The first kappa shape index (κ1) is 12.1. The van der Waals surface area contributed by atoms with Gasteiger partial charge in [0.2, 0.25) is 5.91 Å². The average molecular weight is 186 g/mol. The van der Waals surface area contributed by atoms with Crippen LogP contribution in [0.3, 0.4) is 0 Å². The van der Waals surface area contributed by atoms with Crippen molar-refractivity contribution in [1.29, 1.82) is 0 Å². The number of nitrogens with one attached hydrogen (secondary N) is 1. The second-order valence-corrected chi connectivity index (χ2v) is 3.12. The Kier molecular flexibility index (Phi) is 6.14. The number of hydrogen-bond acceptors (Lipinski definition) is 3. The number of Topliss-reactive ketones (excluding diaryl/α,β-unsaturated/α-hetero) is 1. The van der Waals surface area contributed by atoms with Gasteiger partial charge in [0.25, 0.3) is 0 Å². The van der Waals surface area contributed by atoms with Gasteiger partial charge >= 0.3 is 0 Å². The molecular weight excluding hydrogens is 168 g/mol. The molecule has 0 saturated carbocycles. The quantitative estimate of drug-likeness (QED) is 0.596. The zero-order valence-corrected chi connectivity index (χ0v) is 8.59. The number of carbonyl (C=O) groups excluding carboxylic acids is 2. The summed E-state index contributed by atoms with van der Waals surface area (Å²) in [5.74, 6) is -0.279. The van der Waals surface area contributed by atoms with Gasteiger partial charge in [-0.3, -0.25) is 9.59 Å². The zero-order valence-electron chi connectivity index (χ0n) is 8.59. The zero-order chi connectivity index (χ0) is 10.3. The van der Waals surface area contributed by atoms with E-state index in [0.717, 1.165) is 13.1 Å². The average Bonchev–Trinajstić information content (AvgIpc) is 2.02. The third-order valence-electron chi connectivity index (χ3n) is 1.77. The minimum atomic E-state index is -0.183. The van der Waals surface area contributed by atoms with Gasteiger partial charge in [-0.1, -0.05) is 6.92 Å². The minimum Gasteiger partial charge on any atom is -0.354 e. The molecule has 0 aliphatic heterocycles. The monoisotopic (exact) mass is 186 g/mol. The Balaban J connectivity index is 3.42. The van der Waals surface area contributed by atoms with E-state index in [1.165, 1.54) is 6.92 Å². The molecule has 0 spiro atoms. The van der Waals surface area contributed by atoms with Gasteiger partial charge < -0.3 is 10.2 Å². The summed E-state index contributed by atoms with van der Waals surface area (Å²) in [5, 5.41) is 2.68. The van der Waals surface area contributed by atoms with Crippen LogP contribution in [0.1, 0.15) is 20.3 Å². The van der Waals surface area contributed by atoms with Crippen LogP contribution in [0.25, 0.3) is 0 Å². The number of ketones is 1. The van der Waals surface area contributed by atoms with Crippen LogP contribution in [-0.4, -0.2) is 43.3 Å². The Bertz CT molecular complexity index is 180. The van der Waals surface area contributed by atoms with Gasteiger partial charge in [-0.2, -0.15) is 0 Å². The molecular formula is C9H18N2O2. The normalized spacial score (nSPS) is 10.2. The first-order valence-electron chi connectivity index (χ1n) is 4.51. The van der Waals surface area contributed by atoms with Gasteiger partial charge in [0.05, 0.1) is 6.42 Å². The molecule has 1 N–H and O–H groups in total. The van der Waals surface area contributed by atoms with Crippen LogP contribution in [0.2, 0.25) is 0 Å². The van der Waals surface area contributed by atoms with Crippen LogP contribution < -0.4 is 5.32 Å². The molecule has 13 heavy (non-hydrogen) atoms. The molecule has 0 aliphatic rings. The summed E-state index contributed by atoms with van der Waals surface area (Å²) in [6, 6.07) is 0. The molecule has 76 valence electrons. The van der Waals surface area contributed by atoms with Crippen LogP contribution in [0.5, 0.6) is 0 Å². The molecule has 0 fully saturated rings. The van der Waals surface area contributed by atoms with Crippen molar-refractivity contribution >= 4 is 11.7 Å². The maximum atomic E-state index is 11.0. The highest BCUT2D eigenvalue weighted by molar-refractivity contribution is 5.96. The third-order valence-corrected chi connectivity index (χ3v) is 1.77. The van der Waals surface area contributed by atoms with Crippen molar-refractivity contribution in [3.63, 3.8) is 0 Å². The third kappa shape index (κ3) is 7.46. The summed E-state index contributed by atoms with van der Waals surface area (Å²) in [7, 11) is 1.98. The first-order chi connectivity index (χ1) is 6.06. The Morgan fingerprint density at radius 1 is 1.38 bits per heavy atom. The van der Waals surface area contributed by atoms with Crippen LogP contribution in [-0.2, 0) is 9.59 Å². The smallest absolute Gasteiger partial charge is 0.227 e. The van der Waals surface area contributed by atoms with E-state index in [2.05, 4.69) is 17.1 Å². The second kappa shape index (κ2) is 6.60. The summed E-state index contributed by atoms with van der Waals surface area (Å²) >= 11 is 0. The molecule has 0 heterocycles. The van der Waals surface area contributed by atoms with Gasteiger partial charge in [-0.15, -0.1) is 0 Å². The summed E-state index contributed by atoms with van der Waals surface area (Å²) in [5.41, 5.74) is 0. The highest BCUT2D eigenvalue weighted by Crippen LogP contribution is 1.82. The van der Waals surface area contributed by atoms with E-state index < -0.39 is 0 Å². The fraction of sp³-hybridized carbons (Fsp3) is 0.778. The number of hydrogen-bond donors (Lipinski definition) is 1. The van der Waals surface area contributed by atoms with E-state index in [1.54, 1.807) is 0 Å². The lowest BCUT2D eigenvalue weighted by Gasteiger charge is -2.13. The molecule has 0 unspecified atom stereocenters. The van der Waals surface area contributed by atoms with E-state index in [1.807, 2.05) is 7.05 Å². The number of carbonyl (C=O) groups is 2. The lowest BCUT2D eigenvalue weighted by Crippen LogP contribution is -2.33. The van der Waals surface area contributed by atoms with Gasteiger partial charge in [-0.25, -0.2) is 0 Å². The van der Waals surface area contributed by atoms with E-state index in [4.69, 9.17) is 0 Å². The SMILES string of the molecule is CCN(C)CCNC(=O)CC(C)=O. The maximum absolute atomic E-state index is 11.0. The lowest BCUT2D eigenvalue weighted by atomic mass is 10.3. The van der Waals surface area contributed by atoms with Crippen LogP contribution in [0, 0.1) is 0 Å². The predicted molar refractivity (Wildman–Crippen MR) is 51.5 cm³/mol. The van der Waals surface area contributed by atoms with Crippen molar-refractivity contribution < 1.29 is 9.59 Å². The lowest BCUT2D eigenvalue weighted by molar-refractivity contribution is -0.127. The van der Waals surface area contributed by atoms with E-state index in [-0.39, 0.29) is 18.1 Å². The van der Waals surface area contributed by atoms with Crippen molar-refractivity contribution in [3.05, 3.63) is 0 Å². The molecule has 0 radical (unpaired) electrons. The van der Waals surface area contributed by atoms with Gasteiger partial charge in [0.1, 0.15) is 5.78 Å². The van der Waals surface area contributed by atoms with Crippen molar-refractivity contribution in [3.8, 4) is 0 Å². The number of amides is 1. The van der Waals surface area contributed by atoms with Crippen LogP contribution >= 0.6 is 0 Å². The molecule has 1 amide bonds. The molecule has 0 saturated heterocycles. The summed E-state index contributed by atoms with van der Waals surface area (Å²) in [6.07, 6.45) is -0.00413. The molecule has 0 aromatic heterocycles. The highest BCUT2D eigenvalue weighted by Gasteiger charge is 2.03. The molecule has 0 bridgehead atoms. The fourth-order valence-electron chi connectivity index (χ4n) is 0.833. The Morgan fingerprint density at radius 3 is 2.46 bits per heavy atom. The summed E-state index contributed by atoms with van der Waals surface area (Å²) < 4.78 is 0. The van der Waals surface area contributed by atoms with Crippen molar-refractivity contribution in [1.82, 2.24) is 10.2 Å².